The van der Waals surface area contributed by atoms with Crippen molar-refractivity contribution in [3.8, 4) is 0 Å². The number of benzene rings is 1. The first-order chi connectivity index (χ1) is 11.6. The fourth-order valence-electron chi connectivity index (χ4n) is 2.47. The number of tetrazole rings is 1. The highest BCUT2D eigenvalue weighted by Crippen LogP contribution is 2.24. The third kappa shape index (κ3) is 3.89. The SMILES string of the molecule is Cn1nnnc1SCCNC(=O)C1CC(c2ccccc2F)NN1. The van der Waals surface area contributed by atoms with Crippen molar-refractivity contribution in [3.05, 3.63) is 35.6 Å². The van der Waals surface area contributed by atoms with Crippen molar-refractivity contribution in [2.75, 3.05) is 12.3 Å². The van der Waals surface area contributed by atoms with E-state index in [9.17, 15) is 9.18 Å². The number of hydrogen-bond acceptors (Lipinski definition) is 7. The molecule has 0 spiro atoms. The first kappa shape index (κ1) is 16.8. The van der Waals surface area contributed by atoms with E-state index in [0.29, 0.717) is 29.4 Å². The molecule has 24 heavy (non-hydrogen) atoms. The Labute approximate surface area is 142 Å². The minimum atomic E-state index is -0.392. The first-order valence-corrected chi connectivity index (χ1v) is 8.52. The molecule has 1 aliphatic rings. The van der Waals surface area contributed by atoms with Gasteiger partial charge in [-0.1, -0.05) is 30.0 Å². The van der Waals surface area contributed by atoms with Gasteiger partial charge in [-0.05, 0) is 22.9 Å². The van der Waals surface area contributed by atoms with E-state index >= 15 is 0 Å². The quantitative estimate of drug-likeness (QED) is 0.504. The summed E-state index contributed by atoms with van der Waals surface area (Å²) in [5.41, 5.74) is 6.46. The van der Waals surface area contributed by atoms with Gasteiger partial charge in [-0.25, -0.2) is 19.9 Å². The topological polar surface area (TPSA) is 96.8 Å². The van der Waals surface area contributed by atoms with Crippen molar-refractivity contribution in [1.29, 1.82) is 0 Å². The van der Waals surface area contributed by atoms with Crippen molar-refractivity contribution in [2.45, 2.75) is 23.7 Å². The Bertz CT molecular complexity index is 710. The van der Waals surface area contributed by atoms with Crippen LogP contribution < -0.4 is 16.2 Å². The van der Waals surface area contributed by atoms with Crippen LogP contribution in [0.3, 0.4) is 0 Å². The van der Waals surface area contributed by atoms with Gasteiger partial charge in [0.1, 0.15) is 11.9 Å². The standard InChI is InChI=1S/C14H18FN7OS/c1-22-14(19-20-21-22)24-7-6-16-13(23)12-8-11(17-18-12)9-4-2-3-5-10(9)15/h2-5,11-12,17-18H,6-8H2,1H3,(H,16,23). The van der Waals surface area contributed by atoms with Gasteiger partial charge in [0, 0.05) is 24.9 Å². The summed E-state index contributed by atoms with van der Waals surface area (Å²) < 4.78 is 15.4. The average molecular weight is 351 g/mol. The molecule has 2 heterocycles. The molecule has 2 aromatic rings. The van der Waals surface area contributed by atoms with Crippen molar-refractivity contribution < 1.29 is 9.18 Å². The number of carbonyl (C=O) groups excluding carboxylic acids is 1. The molecule has 2 unspecified atom stereocenters. The number of hydrogen-bond donors (Lipinski definition) is 3. The van der Waals surface area contributed by atoms with Crippen LogP contribution in [0.25, 0.3) is 0 Å². The molecule has 1 aromatic heterocycles. The molecule has 1 fully saturated rings. The second kappa shape index (κ2) is 7.69. The van der Waals surface area contributed by atoms with E-state index in [1.165, 1.54) is 17.8 Å². The van der Waals surface area contributed by atoms with Gasteiger partial charge >= 0.3 is 0 Å². The molecule has 3 N–H and O–H groups in total. The number of rotatable bonds is 6. The van der Waals surface area contributed by atoms with E-state index in [-0.39, 0.29) is 17.8 Å². The van der Waals surface area contributed by atoms with E-state index in [2.05, 4.69) is 31.7 Å². The van der Waals surface area contributed by atoms with Crippen LogP contribution in [0, 0.1) is 5.82 Å². The maximum absolute atomic E-state index is 13.8. The Morgan fingerprint density at radius 1 is 1.46 bits per heavy atom. The zero-order valence-electron chi connectivity index (χ0n) is 13.1. The van der Waals surface area contributed by atoms with Gasteiger partial charge in [-0.3, -0.25) is 4.79 Å². The number of thioether (sulfide) groups is 1. The molecular weight excluding hydrogens is 333 g/mol. The third-order valence-electron chi connectivity index (χ3n) is 3.71. The lowest BCUT2D eigenvalue weighted by molar-refractivity contribution is -0.122. The van der Waals surface area contributed by atoms with Crippen LogP contribution in [-0.4, -0.2) is 44.5 Å². The van der Waals surface area contributed by atoms with E-state index in [1.807, 2.05) is 0 Å². The fraction of sp³-hybridized carbons (Fsp3) is 0.429. The van der Waals surface area contributed by atoms with Crippen LogP contribution in [0.1, 0.15) is 18.0 Å². The molecule has 3 rings (SSSR count). The highest BCUT2D eigenvalue weighted by Gasteiger charge is 2.31. The number of aryl methyl sites for hydroxylation is 1. The largest absolute Gasteiger partial charge is 0.354 e. The Morgan fingerprint density at radius 2 is 2.29 bits per heavy atom. The van der Waals surface area contributed by atoms with Crippen molar-refractivity contribution >= 4 is 17.7 Å². The van der Waals surface area contributed by atoms with Crippen LogP contribution in [0.5, 0.6) is 0 Å². The molecule has 0 aliphatic carbocycles. The average Bonchev–Trinajstić information content (AvgIpc) is 3.21. The summed E-state index contributed by atoms with van der Waals surface area (Å²) in [7, 11) is 1.76. The minimum absolute atomic E-state index is 0.113. The molecule has 1 saturated heterocycles. The van der Waals surface area contributed by atoms with Gasteiger partial charge in [0.2, 0.25) is 11.1 Å². The predicted molar refractivity (Wildman–Crippen MR) is 86.3 cm³/mol. The molecule has 0 bridgehead atoms. The van der Waals surface area contributed by atoms with Gasteiger partial charge in [-0.15, -0.1) is 5.10 Å². The highest BCUT2D eigenvalue weighted by molar-refractivity contribution is 7.99. The lowest BCUT2D eigenvalue weighted by Crippen LogP contribution is -2.43. The summed E-state index contributed by atoms with van der Waals surface area (Å²) in [4.78, 5) is 12.2. The van der Waals surface area contributed by atoms with Crippen LogP contribution in [0.15, 0.2) is 29.4 Å². The Balaban J connectivity index is 1.43. The van der Waals surface area contributed by atoms with Crippen molar-refractivity contribution in [3.63, 3.8) is 0 Å². The van der Waals surface area contributed by atoms with Gasteiger partial charge in [-0.2, -0.15) is 0 Å². The van der Waals surface area contributed by atoms with Crippen LogP contribution in [0.4, 0.5) is 4.39 Å². The van der Waals surface area contributed by atoms with E-state index in [1.54, 1.807) is 29.9 Å². The number of aromatic nitrogens is 4. The minimum Gasteiger partial charge on any atom is -0.354 e. The summed E-state index contributed by atoms with van der Waals surface area (Å²) in [5, 5.41) is 14.7. The zero-order valence-corrected chi connectivity index (χ0v) is 13.9. The molecule has 1 aromatic carbocycles. The maximum Gasteiger partial charge on any atom is 0.238 e. The number of hydrazine groups is 1. The molecule has 8 nitrogen and oxygen atoms in total. The number of halogens is 1. The summed E-state index contributed by atoms with van der Waals surface area (Å²) in [6.45, 7) is 0.499. The van der Waals surface area contributed by atoms with Gasteiger partial charge in [0.05, 0.1) is 6.04 Å². The summed E-state index contributed by atoms with van der Waals surface area (Å²) in [6.07, 6.45) is 0.493. The predicted octanol–water partition coefficient (Wildman–Crippen LogP) is 0.165. The first-order valence-electron chi connectivity index (χ1n) is 7.53. The molecule has 10 heteroatoms. The van der Waals surface area contributed by atoms with E-state index in [4.69, 9.17) is 0 Å². The lowest BCUT2D eigenvalue weighted by Gasteiger charge is -2.11. The van der Waals surface area contributed by atoms with Gasteiger partial charge < -0.3 is 5.32 Å². The van der Waals surface area contributed by atoms with Gasteiger partial charge in [0.15, 0.2) is 0 Å². The maximum atomic E-state index is 13.8. The summed E-state index contributed by atoms with van der Waals surface area (Å²) in [6, 6.07) is 5.96. The second-order valence-corrected chi connectivity index (χ2v) is 6.44. The summed E-state index contributed by atoms with van der Waals surface area (Å²) >= 11 is 1.46. The van der Waals surface area contributed by atoms with Crippen LogP contribution >= 0.6 is 11.8 Å². The number of amides is 1. The molecule has 0 saturated carbocycles. The molecule has 1 amide bonds. The van der Waals surface area contributed by atoms with Crippen LogP contribution in [0.2, 0.25) is 0 Å². The molecular formula is C14H18FN7OS. The molecule has 128 valence electrons. The fourth-order valence-corrected chi connectivity index (χ4v) is 3.18. The van der Waals surface area contributed by atoms with E-state index < -0.39 is 6.04 Å². The van der Waals surface area contributed by atoms with Crippen molar-refractivity contribution in [2.24, 2.45) is 7.05 Å². The zero-order chi connectivity index (χ0) is 16.9. The third-order valence-corrected chi connectivity index (χ3v) is 4.73. The Morgan fingerprint density at radius 3 is 3.04 bits per heavy atom. The van der Waals surface area contributed by atoms with Crippen molar-refractivity contribution in [1.82, 2.24) is 36.4 Å². The monoisotopic (exact) mass is 351 g/mol. The highest BCUT2D eigenvalue weighted by atomic mass is 32.2. The second-order valence-electron chi connectivity index (χ2n) is 5.38. The molecule has 1 aliphatic heterocycles. The number of carbonyl (C=O) groups is 1. The number of nitrogens with one attached hydrogen (secondary N) is 3. The van der Waals surface area contributed by atoms with Crippen LogP contribution in [-0.2, 0) is 11.8 Å². The van der Waals surface area contributed by atoms with Gasteiger partial charge in [0.25, 0.3) is 0 Å². The summed E-state index contributed by atoms with van der Waals surface area (Å²) in [5.74, 6) is 0.279. The molecule has 0 radical (unpaired) electrons. The Kier molecular flexibility index (Phi) is 5.38. The number of nitrogens with zero attached hydrogens (tertiary/aromatic N) is 4. The normalized spacial score (nSPS) is 20.2. The Hall–Kier alpha value is -2.04. The smallest absolute Gasteiger partial charge is 0.238 e. The molecule has 2 atom stereocenters. The van der Waals surface area contributed by atoms with E-state index in [0.717, 1.165) is 0 Å². The lowest BCUT2D eigenvalue weighted by atomic mass is 10.0.